The van der Waals surface area contributed by atoms with Crippen LogP contribution in [0.15, 0.2) is 24.3 Å². The smallest absolute Gasteiger partial charge is 0.233 e. The van der Waals surface area contributed by atoms with Gasteiger partial charge in [0.05, 0.1) is 0 Å². The summed E-state index contributed by atoms with van der Waals surface area (Å²) < 4.78 is 0. The Morgan fingerprint density at radius 2 is 2.08 bits per heavy atom. The third kappa shape index (κ3) is 2.71. The van der Waals surface area contributed by atoms with Crippen LogP contribution >= 0.6 is 0 Å². The molecule has 1 radical (unpaired) electrons. The van der Waals surface area contributed by atoms with E-state index in [0.717, 1.165) is 5.56 Å². The van der Waals surface area contributed by atoms with E-state index in [4.69, 9.17) is 5.73 Å². The molecule has 0 saturated heterocycles. The molecule has 2 N–H and O–H groups in total. The summed E-state index contributed by atoms with van der Waals surface area (Å²) in [5.74, 6) is -0.360. The highest BCUT2D eigenvalue weighted by atomic mass is 16.1. The molecule has 0 heterocycles. The van der Waals surface area contributed by atoms with Crippen molar-refractivity contribution in [3.8, 4) is 0 Å². The average molecular weight is 176 g/mol. The van der Waals surface area contributed by atoms with E-state index < -0.39 is 0 Å². The fourth-order valence-corrected chi connectivity index (χ4v) is 1.10. The van der Waals surface area contributed by atoms with Crippen LogP contribution in [0.4, 0.5) is 0 Å². The molecule has 0 saturated carbocycles. The van der Waals surface area contributed by atoms with Crippen LogP contribution in [0.1, 0.15) is 17.5 Å². The maximum absolute atomic E-state index is 10.5. The van der Waals surface area contributed by atoms with Crippen molar-refractivity contribution in [2.24, 2.45) is 5.73 Å². The van der Waals surface area contributed by atoms with Crippen molar-refractivity contribution in [3.05, 3.63) is 35.4 Å². The van der Waals surface area contributed by atoms with E-state index in [0.29, 0.717) is 12.0 Å². The Balaban J connectivity index is 2.75. The standard InChI is InChI=1S/C10H10NO2/c11-10(13)6-5-8-3-1-2-4-9(8)7-12/h1-4H,5-6H2,(H2,11,13). The predicted molar refractivity (Wildman–Crippen MR) is 48.8 cm³/mol. The molecule has 0 bridgehead atoms. The van der Waals surface area contributed by atoms with Crippen molar-refractivity contribution >= 4 is 12.2 Å². The molecule has 1 rings (SSSR count). The van der Waals surface area contributed by atoms with Gasteiger partial charge in [-0.1, -0.05) is 24.3 Å². The lowest BCUT2D eigenvalue weighted by Gasteiger charge is -2.00. The first-order valence-electron chi connectivity index (χ1n) is 3.98. The summed E-state index contributed by atoms with van der Waals surface area (Å²) in [6, 6.07) is 7.04. The molecule has 0 spiro atoms. The lowest BCUT2D eigenvalue weighted by molar-refractivity contribution is -0.117. The average Bonchev–Trinajstić information content (AvgIpc) is 2.15. The number of carbonyl (C=O) groups excluding carboxylic acids is 2. The van der Waals surface area contributed by atoms with Crippen LogP contribution in [0.5, 0.6) is 0 Å². The SMILES string of the molecule is NC(=O)CCc1ccccc1[C]=O. The molecule has 1 aromatic carbocycles. The lowest BCUT2D eigenvalue weighted by Crippen LogP contribution is -2.11. The van der Waals surface area contributed by atoms with Gasteiger partial charge in [0, 0.05) is 12.0 Å². The zero-order valence-corrected chi connectivity index (χ0v) is 7.12. The maximum Gasteiger partial charge on any atom is 0.233 e. The molecular weight excluding hydrogens is 166 g/mol. The second-order valence-electron chi connectivity index (χ2n) is 2.73. The molecule has 67 valence electrons. The van der Waals surface area contributed by atoms with Gasteiger partial charge in [-0.15, -0.1) is 0 Å². The number of rotatable bonds is 4. The summed E-state index contributed by atoms with van der Waals surface area (Å²) in [6.45, 7) is 0. The van der Waals surface area contributed by atoms with Crippen LogP contribution in [0.3, 0.4) is 0 Å². The minimum Gasteiger partial charge on any atom is -0.370 e. The Hall–Kier alpha value is -1.64. The number of carbonyl (C=O) groups is 1. The Labute approximate surface area is 76.6 Å². The van der Waals surface area contributed by atoms with Crippen LogP contribution < -0.4 is 5.73 Å². The van der Waals surface area contributed by atoms with E-state index in [1.54, 1.807) is 18.2 Å². The summed E-state index contributed by atoms with van der Waals surface area (Å²) >= 11 is 0. The Morgan fingerprint density at radius 1 is 1.38 bits per heavy atom. The van der Waals surface area contributed by atoms with Crippen molar-refractivity contribution in [1.82, 2.24) is 0 Å². The van der Waals surface area contributed by atoms with Crippen LogP contribution in [-0.2, 0) is 16.0 Å². The molecule has 1 aromatic rings. The second kappa shape index (κ2) is 4.40. The minimum absolute atomic E-state index is 0.263. The highest BCUT2D eigenvalue weighted by Gasteiger charge is 2.02. The van der Waals surface area contributed by atoms with Gasteiger partial charge in [-0.25, -0.2) is 0 Å². The van der Waals surface area contributed by atoms with Gasteiger partial charge < -0.3 is 5.73 Å². The number of hydrogen-bond donors (Lipinski definition) is 1. The number of amides is 1. The summed E-state index contributed by atoms with van der Waals surface area (Å²) in [6.07, 6.45) is 2.58. The normalized spacial score (nSPS) is 9.54. The highest BCUT2D eigenvalue weighted by molar-refractivity contribution is 5.78. The zero-order valence-electron chi connectivity index (χ0n) is 7.12. The Morgan fingerprint density at radius 3 is 2.69 bits per heavy atom. The van der Waals surface area contributed by atoms with Crippen molar-refractivity contribution in [2.75, 3.05) is 0 Å². The summed E-state index contributed by atoms with van der Waals surface area (Å²) in [5, 5.41) is 0. The predicted octanol–water partition coefficient (Wildman–Crippen LogP) is 0.562. The van der Waals surface area contributed by atoms with E-state index in [2.05, 4.69) is 0 Å². The summed E-state index contributed by atoms with van der Waals surface area (Å²) in [7, 11) is 0. The summed E-state index contributed by atoms with van der Waals surface area (Å²) in [5.41, 5.74) is 6.31. The molecule has 0 aliphatic heterocycles. The molecular formula is C10H10NO2. The van der Waals surface area contributed by atoms with Crippen molar-refractivity contribution in [3.63, 3.8) is 0 Å². The number of hydrogen-bond acceptors (Lipinski definition) is 2. The monoisotopic (exact) mass is 176 g/mol. The molecule has 0 aliphatic carbocycles. The third-order valence-corrected chi connectivity index (χ3v) is 1.77. The topological polar surface area (TPSA) is 60.2 Å². The van der Waals surface area contributed by atoms with Gasteiger partial charge in [-0.05, 0) is 12.0 Å². The van der Waals surface area contributed by atoms with Crippen LogP contribution in [-0.4, -0.2) is 12.2 Å². The van der Waals surface area contributed by atoms with Crippen LogP contribution in [0.25, 0.3) is 0 Å². The van der Waals surface area contributed by atoms with E-state index in [-0.39, 0.29) is 12.3 Å². The first kappa shape index (κ1) is 9.45. The molecule has 0 atom stereocenters. The maximum atomic E-state index is 10.5. The van der Waals surface area contributed by atoms with Crippen molar-refractivity contribution < 1.29 is 9.59 Å². The van der Waals surface area contributed by atoms with Gasteiger partial charge in [0.2, 0.25) is 12.2 Å². The lowest BCUT2D eigenvalue weighted by atomic mass is 10.0. The number of primary amides is 1. The molecule has 3 heteroatoms. The van der Waals surface area contributed by atoms with Crippen LogP contribution in [0, 0.1) is 0 Å². The number of nitrogens with two attached hydrogens (primary N) is 1. The molecule has 13 heavy (non-hydrogen) atoms. The van der Waals surface area contributed by atoms with Gasteiger partial charge in [0.15, 0.2) is 0 Å². The fourth-order valence-electron chi connectivity index (χ4n) is 1.10. The number of aryl methyl sites for hydroxylation is 1. The third-order valence-electron chi connectivity index (χ3n) is 1.77. The highest BCUT2D eigenvalue weighted by Crippen LogP contribution is 2.08. The molecule has 0 fully saturated rings. The van der Waals surface area contributed by atoms with E-state index in [1.165, 1.54) is 0 Å². The second-order valence-corrected chi connectivity index (χ2v) is 2.73. The Bertz CT molecular complexity index is 320. The molecule has 0 aromatic heterocycles. The molecule has 0 aliphatic rings. The zero-order chi connectivity index (χ0) is 9.68. The van der Waals surface area contributed by atoms with Gasteiger partial charge in [-0.2, -0.15) is 0 Å². The van der Waals surface area contributed by atoms with Gasteiger partial charge in [0.25, 0.3) is 0 Å². The van der Waals surface area contributed by atoms with Gasteiger partial charge >= 0.3 is 0 Å². The molecule has 1 amide bonds. The molecule has 0 unspecified atom stereocenters. The van der Waals surface area contributed by atoms with Crippen molar-refractivity contribution in [1.29, 1.82) is 0 Å². The summed E-state index contributed by atoms with van der Waals surface area (Å²) in [4.78, 5) is 20.9. The largest absolute Gasteiger partial charge is 0.370 e. The minimum atomic E-state index is -0.360. The Kier molecular flexibility index (Phi) is 3.20. The fraction of sp³-hybridized carbons (Fsp3) is 0.200. The quantitative estimate of drug-likeness (QED) is 0.728. The van der Waals surface area contributed by atoms with Crippen molar-refractivity contribution in [2.45, 2.75) is 12.8 Å². The van der Waals surface area contributed by atoms with Crippen LogP contribution in [0.2, 0.25) is 0 Å². The van der Waals surface area contributed by atoms with E-state index in [1.807, 2.05) is 12.4 Å². The van der Waals surface area contributed by atoms with Gasteiger partial charge in [-0.3, -0.25) is 9.59 Å². The van der Waals surface area contributed by atoms with E-state index >= 15 is 0 Å². The number of benzene rings is 1. The first-order chi connectivity index (χ1) is 6.24. The first-order valence-corrected chi connectivity index (χ1v) is 3.98. The van der Waals surface area contributed by atoms with Gasteiger partial charge in [0.1, 0.15) is 0 Å². The molecule has 3 nitrogen and oxygen atoms in total. The van der Waals surface area contributed by atoms with E-state index in [9.17, 15) is 9.59 Å².